The molecule has 1 heterocycles. The van der Waals surface area contributed by atoms with Gasteiger partial charge in [0.05, 0.1) is 19.9 Å². The summed E-state index contributed by atoms with van der Waals surface area (Å²) in [5, 5.41) is 3.88. The van der Waals surface area contributed by atoms with Crippen LogP contribution >= 0.6 is 6.49 Å². The maximum absolute atomic E-state index is 11.8. The van der Waals surface area contributed by atoms with Crippen molar-refractivity contribution in [3.63, 3.8) is 0 Å². The van der Waals surface area contributed by atoms with E-state index in [0.717, 1.165) is 0 Å². The highest BCUT2D eigenvalue weighted by molar-refractivity contribution is 8.10. The highest BCUT2D eigenvalue weighted by Crippen LogP contribution is 2.49. The van der Waals surface area contributed by atoms with Gasteiger partial charge in [0.2, 0.25) is 12.2 Å². The molecule has 0 aliphatic heterocycles. The lowest BCUT2D eigenvalue weighted by molar-refractivity contribution is 0.321. The molecule has 0 amide bonds. The number of rotatable bonds is 6. The van der Waals surface area contributed by atoms with Gasteiger partial charge in [0, 0.05) is 13.2 Å². The van der Waals surface area contributed by atoms with Crippen molar-refractivity contribution in [1.29, 1.82) is 0 Å². The van der Waals surface area contributed by atoms with Crippen molar-refractivity contribution in [1.82, 2.24) is 9.78 Å². The zero-order chi connectivity index (χ0) is 13.8. The van der Waals surface area contributed by atoms with Crippen molar-refractivity contribution in [2.24, 2.45) is 7.05 Å². The predicted octanol–water partition coefficient (Wildman–Crippen LogP) is 1.53. The van der Waals surface area contributed by atoms with Gasteiger partial charge in [-0.2, -0.15) is 5.10 Å². The summed E-state index contributed by atoms with van der Waals surface area (Å²) in [6.45, 7) is 1.77. The van der Waals surface area contributed by atoms with Crippen LogP contribution in [0, 0.1) is 0 Å². The van der Waals surface area contributed by atoms with E-state index in [9.17, 15) is 4.79 Å². The van der Waals surface area contributed by atoms with Crippen molar-refractivity contribution in [2.45, 2.75) is 13.8 Å². The number of hydrogen-bond donors (Lipinski definition) is 0. The fourth-order valence-electron chi connectivity index (χ4n) is 1.28. The second kappa shape index (κ2) is 6.31. The summed E-state index contributed by atoms with van der Waals surface area (Å²) >= 11 is 5.34. The Labute approximate surface area is 111 Å². The molecule has 0 aromatic carbocycles. The van der Waals surface area contributed by atoms with Gasteiger partial charge in [0.15, 0.2) is 5.75 Å². The molecule has 0 aliphatic carbocycles. The maximum atomic E-state index is 11.8. The van der Waals surface area contributed by atoms with Gasteiger partial charge < -0.3 is 13.8 Å². The first-order valence-electron chi connectivity index (χ1n) is 5.51. The summed E-state index contributed by atoms with van der Waals surface area (Å²) < 4.78 is 17.3. The van der Waals surface area contributed by atoms with E-state index in [-0.39, 0.29) is 17.1 Å². The molecular formula is C10H17N2O4PS. The first-order chi connectivity index (χ1) is 8.47. The van der Waals surface area contributed by atoms with Gasteiger partial charge in [-0.3, -0.25) is 4.79 Å². The molecule has 0 saturated carbocycles. The average Bonchev–Trinajstić information content (AvgIpc) is 2.35. The Kier molecular flexibility index (Phi) is 5.31. The highest BCUT2D eigenvalue weighted by Gasteiger charge is 2.21. The van der Waals surface area contributed by atoms with Crippen LogP contribution in [-0.4, -0.2) is 29.7 Å². The number of hydrogen-bond acceptors (Lipinski definition) is 6. The molecular weight excluding hydrogens is 275 g/mol. The Balaban J connectivity index is 3.15. The van der Waals surface area contributed by atoms with Gasteiger partial charge in [-0.15, -0.1) is 0 Å². The fourth-order valence-corrected chi connectivity index (χ4v) is 3.03. The smallest absolute Gasteiger partial charge is 0.312 e. The number of methoxy groups -OCH3 is 1. The molecule has 0 saturated heterocycles. The summed E-state index contributed by atoms with van der Waals surface area (Å²) in [6, 6.07) is 0. The summed E-state index contributed by atoms with van der Waals surface area (Å²) in [7, 11) is 2.94. The van der Waals surface area contributed by atoms with Crippen LogP contribution in [0.5, 0.6) is 11.5 Å². The molecule has 0 bridgehead atoms. The minimum Gasteiger partial charge on any atom is -0.488 e. The van der Waals surface area contributed by atoms with Crippen LogP contribution in [0.15, 0.2) is 11.0 Å². The van der Waals surface area contributed by atoms with Crippen molar-refractivity contribution in [3.8, 4) is 11.5 Å². The number of nitrogens with zero attached hydrogens (tertiary/aromatic N) is 2. The first kappa shape index (κ1) is 15.1. The predicted molar refractivity (Wildman–Crippen MR) is 73.1 cm³/mol. The first-order valence-corrected chi connectivity index (χ1v) is 8.33. The minimum absolute atomic E-state index is 0.0925. The summed E-state index contributed by atoms with van der Waals surface area (Å²) in [6.07, 6.45) is 1.98. The van der Waals surface area contributed by atoms with Crippen LogP contribution in [-0.2, 0) is 23.4 Å². The van der Waals surface area contributed by atoms with E-state index < -0.39 is 6.49 Å². The van der Waals surface area contributed by atoms with Gasteiger partial charge in [-0.1, -0.05) is 6.92 Å². The van der Waals surface area contributed by atoms with Gasteiger partial charge in [0.1, 0.15) is 0 Å². The van der Waals surface area contributed by atoms with Crippen LogP contribution < -0.4 is 14.8 Å². The average molecular weight is 292 g/mol. The lowest BCUT2D eigenvalue weighted by atomic mass is 10.5. The monoisotopic (exact) mass is 292 g/mol. The highest BCUT2D eigenvalue weighted by atomic mass is 32.5. The van der Waals surface area contributed by atoms with Crippen molar-refractivity contribution in [2.75, 3.05) is 19.9 Å². The standard InChI is InChI=1S/C10H17N2O4PS/c1-5-15-17(18,6-2)16-8-7-11-12(3)10(13)9(8)14-4/h7H,5-6H2,1-4H3. The van der Waals surface area contributed by atoms with Gasteiger partial charge in [0.25, 0.3) is 0 Å². The Morgan fingerprint density at radius 1 is 1.50 bits per heavy atom. The van der Waals surface area contributed by atoms with Crippen LogP contribution in [0.2, 0.25) is 0 Å². The molecule has 1 aromatic rings. The molecule has 18 heavy (non-hydrogen) atoms. The van der Waals surface area contributed by atoms with Crippen molar-refractivity contribution < 1.29 is 13.8 Å². The Bertz CT molecular complexity index is 517. The van der Waals surface area contributed by atoms with Crippen molar-refractivity contribution in [3.05, 3.63) is 16.6 Å². The summed E-state index contributed by atoms with van der Waals surface area (Å²) in [4.78, 5) is 11.8. The van der Waals surface area contributed by atoms with Crippen LogP contribution in [0.4, 0.5) is 0 Å². The third kappa shape index (κ3) is 3.31. The van der Waals surface area contributed by atoms with Crippen LogP contribution in [0.25, 0.3) is 0 Å². The quantitative estimate of drug-likeness (QED) is 0.741. The normalized spacial score (nSPS) is 14.0. The second-order valence-corrected chi connectivity index (χ2v) is 7.37. The molecule has 1 atom stereocenters. The molecule has 1 aromatic heterocycles. The molecule has 0 radical (unpaired) electrons. The third-order valence-corrected chi connectivity index (χ3v) is 5.43. The van der Waals surface area contributed by atoms with E-state index in [1.807, 2.05) is 13.8 Å². The largest absolute Gasteiger partial charge is 0.488 e. The Morgan fingerprint density at radius 2 is 2.17 bits per heavy atom. The zero-order valence-corrected chi connectivity index (χ0v) is 12.6. The SMILES string of the molecule is CCOP(=S)(CC)Oc1cnn(C)c(=O)c1OC. The maximum Gasteiger partial charge on any atom is 0.312 e. The van der Waals surface area contributed by atoms with E-state index in [2.05, 4.69) is 5.10 Å². The molecule has 1 rings (SSSR count). The fraction of sp³-hybridized carbons (Fsp3) is 0.600. The minimum atomic E-state index is -2.43. The molecule has 6 nitrogen and oxygen atoms in total. The van der Waals surface area contributed by atoms with Gasteiger partial charge >= 0.3 is 5.56 Å². The van der Waals surface area contributed by atoms with E-state index in [0.29, 0.717) is 12.8 Å². The van der Waals surface area contributed by atoms with E-state index in [4.69, 9.17) is 25.6 Å². The third-order valence-electron chi connectivity index (χ3n) is 2.21. The lowest BCUT2D eigenvalue weighted by Gasteiger charge is -2.21. The number of ether oxygens (including phenoxy) is 1. The van der Waals surface area contributed by atoms with E-state index in [1.54, 1.807) is 0 Å². The lowest BCUT2D eigenvalue weighted by Crippen LogP contribution is -2.21. The van der Waals surface area contributed by atoms with E-state index in [1.165, 1.54) is 25.0 Å². The Morgan fingerprint density at radius 3 is 2.67 bits per heavy atom. The van der Waals surface area contributed by atoms with Crippen LogP contribution in [0.3, 0.4) is 0 Å². The summed E-state index contributed by atoms with van der Waals surface area (Å²) in [5.74, 6) is 0.328. The molecule has 1 unspecified atom stereocenters. The molecule has 0 fully saturated rings. The van der Waals surface area contributed by atoms with Crippen LogP contribution in [0.1, 0.15) is 13.8 Å². The molecule has 8 heteroatoms. The van der Waals surface area contributed by atoms with Crippen molar-refractivity contribution >= 4 is 18.3 Å². The Hall–Kier alpha value is -0.910. The number of aryl methyl sites for hydroxylation is 1. The molecule has 102 valence electrons. The summed E-state index contributed by atoms with van der Waals surface area (Å²) in [5.41, 5.74) is -0.371. The van der Waals surface area contributed by atoms with Gasteiger partial charge in [-0.25, -0.2) is 4.68 Å². The number of aromatic nitrogens is 2. The molecule has 0 spiro atoms. The molecule has 0 aliphatic rings. The van der Waals surface area contributed by atoms with Gasteiger partial charge in [-0.05, 0) is 18.7 Å². The van der Waals surface area contributed by atoms with E-state index >= 15 is 0 Å². The second-order valence-electron chi connectivity index (χ2n) is 3.41. The topological polar surface area (TPSA) is 62.6 Å². The zero-order valence-electron chi connectivity index (χ0n) is 10.9. The molecule has 0 N–H and O–H groups in total.